The van der Waals surface area contributed by atoms with Crippen molar-refractivity contribution in [3.8, 4) is 11.3 Å². The van der Waals surface area contributed by atoms with Crippen LogP contribution in [0, 0.1) is 0 Å². The molecule has 3 aromatic rings. The molecule has 1 aromatic carbocycles. The Morgan fingerprint density at radius 2 is 2.00 bits per heavy atom. The van der Waals surface area contributed by atoms with E-state index in [4.69, 9.17) is 4.52 Å². The highest BCUT2D eigenvalue weighted by atomic mass is 16.5. The lowest BCUT2D eigenvalue weighted by molar-refractivity contribution is -0.114. The molecule has 0 atom stereocenters. The molecule has 2 heterocycles. The summed E-state index contributed by atoms with van der Waals surface area (Å²) in [6, 6.07) is 7.47. The van der Waals surface area contributed by atoms with Crippen LogP contribution >= 0.6 is 0 Å². The maximum Gasteiger partial charge on any atom is 0.248 e. The summed E-state index contributed by atoms with van der Waals surface area (Å²) in [7, 11) is 0. The fourth-order valence-electron chi connectivity index (χ4n) is 3.43. The van der Waals surface area contributed by atoms with Crippen molar-refractivity contribution < 1.29 is 9.32 Å². The molecule has 0 radical (unpaired) electrons. The highest BCUT2D eigenvalue weighted by Gasteiger charge is 2.21. The molecule has 4 rings (SSSR count). The van der Waals surface area contributed by atoms with E-state index in [0.29, 0.717) is 18.4 Å². The first-order valence-corrected chi connectivity index (χ1v) is 9.28. The van der Waals surface area contributed by atoms with Gasteiger partial charge in [0.2, 0.25) is 11.8 Å². The van der Waals surface area contributed by atoms with Crippen LogP contribution in [0.5, 0.6) is 0 Å². The molecule has 0 unspecified atom stereocenters. The number of hydrogen-bond acceptors (Lipinski definition) is 6. The molecule has 0 spiro atoms. The molecule has 2 aromatic heterocycles. The standard InChI is InChI=1S/C19H22N6O2/c1-13(26)20-16-9-7-14(8-10-16)17-11-25(24-22-17)12-18-21-19(23-27-18)15-5-3-2-4-6-15/h7-11,15H,2-6,12H2,1H3,(H,20,26). The van der Waals surface area contributed by atoms with Gasteiger partial charge in [-0.2, -0.15) is 4.98 Å². The quantitative estimate of drug-likeness (QED) is 0.743. The highest BCUT2D eigenvalue weighted by molar-refractivity contribution is 5.88. The number of anilines is 1. The van der Waals surface area contributed by atoms with Gasteiger partial charge in [0.05, 0.1) is 6.20 Å². The molecule has 0 bridgehead atoms. The summed E-state index contributed by atoms with van der Waals surface area (Å²) >= 11 is 0. The molecule has 27 heavy (non-hydrogen) atoms. The zero-order valence-electron chi connectivity index (χ0n) is 15.3. The smallest absolute Gasteiger partial charge is 0.248 e. The van der Waals surface area contributed by atoms with E-state index in [1.165, 1.54) is 26.2 Å². The van der Waals surface area contributed by atoms with Crippen LogP contribution in [0.3, 0.4) is 0 Å². The number of benzene rings is 1. The molecule has 8 nitrogen and oxygen atoms in total. The van der Waals surface area contributed by atoms with Gasteiger partial charge in [-0.05, 0) is 25.0 Å². The Kier molecular flexibility index (Phi) is 4.95. The summed E-state index contributed by atoms with van der Waals surface area (Å²) in [5.41, 5.74) is 2.42. The van der Waals surface area contributed by atoms with E-state index >= 15 is 0 Å². The van der Waals surface area contributed by atoms with Crippen molar-refractivity contribution >= 4 is 11.6 Å². The van der Waals surface area contributed by atoms with Gasteiger partial charge in [0, 0.05) is 24.1 Å². The Morgan fingerprint density at radius 1 is 1.22 bits per heavy atom. The van der Waals surface area contributed by atoms with Crippen molar-refractivity contribution in [2.45, 2.75) is 51.5 Å². The number of aromatic nitrogens is 5. The van der Waals surface area contributed by atoms with Crippen LogP contribution in [-0.4, -0.2) is 31.0 Å². The summed E-state index contributed by atoms with van der Waals surface area (Å²) in [5.74, 6) is 1.69. The SMILES string of the molecule is CC(=O)Nc1ccc(-c2cn(Cc3nc(C4CCCCC4)no3)nn2)cc1. The van der Waals surface area contributed by atoms with Gasteiger partial charge in [0.25, 0.3) is 0 Å². The Bertz CT molecular complexity index is 908. The van der Waals surface area contributed by atoms with Gasteiger partial charge in [0.1, 0.15) is 12.2 Å². The van der Waals surface area contributed by atoms with E-state index in [1.807, 2.05) is 30.5 Å². The van der Waals surface area contributed by atoms with Gasteiger partial charge >= 0.3 is 0 Å². The van der Waals surface area contributed by atoms with Crippen molar-refractivity contribution in [3.05, 3.63) is 42.2 Å². The number of carbonyl (C=O) groups excluding carboxylic acids is 1. The van der Waals surface area contributed by atoms with E-state index < -0.39 is 0 Å². The lowest BCUT2D eigenvalue weighted by Gasteiger charge is -2.17. The molecule has 1 aliphatic rings. The molecule has 1 aliphatic carbocycles. The molecule has 0 aliphatic heterocycles. The van der Waals surface area contributed by atoms with Crippen molar-refractivity contribution in [3.63, 3.8) is 0 Å². The van der Waals surface area contributed by atoms with Crippen LogP contribution in [0.1, 0.15) is 56.7 Å². The molecule has 1 amide bonds. The van der Waals surface area contributed by atoms with Gasteiger partial charge in [-0.3, -0.25) is 4.79 Å². The normalized spacial score (nSPS) is 15.0. The second-order valence-corrected chi connectivity index (χ2v) is 6.94. The van der Waals surface area contributed by atoms with Crippen LogP contribution in [0.25, 0.3) is 11.3 Å². The summed E-state index contributed by atoms with van der Waals surface area (Å²) in [6.45, 7) is 1.88. The molecule has 0 saturated heterocycles. The molecule has 1 saturated carbocycles. The number of nitrogens with zero attached hydrogens (tertiary/aromatic N) is 5. The molecular weight excluding hydrogens is 344 g/mol. The maximum absolute atomic E-state index is 11.1. The predicted molar refractivity (Wildman–Crippen MR) is 99.0 cm³/mol. The number of nitrogens with one attached hydrogen (secondary N) is 1. The van der Waals surface area contributed by atoms with Crippen molar-refractivity contribution in [2.24, 2.45) is 0 Å². The minimum Gasteiger partial charge on any atom is -0.337 e. The zero-order valence-corrected chi connectivity index (χ0v) is 15.3. The first kappa shape index (κ1) is 17.4. The summed E-state index contributed by atoms with van der Waals surface area (Å²) in [6.07, 6.45) is 7.90. The van der Waals surface area contributed by atoms with E-state index in [9.17, 15) is 4.79 Å². The lowest BCUT2D eigenvalue weighted by Crippen LogP contribution is -2.07. The third kappa shape index (κ3) is 4.21. The van der Waals surface area contributed by atoms with Crippen molar-refractivity contribution in [1.82, 2.24) is 25.1 Å². The molecule has 8 heteroatoms. The fourth-order valence-corrected chi connectivity index (χ4v) is 3.43. The first-order chi connectivity index (χ1) is 13.2. The fraction of sp³-hybridized carbons (Fsp3) is 0.421. The van der Waals surface area contributed by atoms with E-state index in [2.05, 4.69) is 25.8 Å². The maximum atomic E-state index is 11.1. The largest absolute Gasteiger partial charge is 0.337 e. The Labute approximate surface area is 157 Å². The van der Waals surface area contributed by atoms with Crippen LogP contribution < -0.4 is 5.32 Å². The molecular formula is C19H22N6O2. The minimum absolute atomic E-state index is 0.0964. The number of amides is 1. The van der Waals surface area contributed by atoms with E-state index in [1.54, 1.807) is 4.68 Å². The predicted octanol–water partition coefficient (Wildman–Crippen LogP) is 3.38. The highest BCUT2D eigenvalue weighted by Crippen LogP contribution is 2.30. The monoisotopic (exact) mass is 366 g/mol. The third-order valence-corrected chi connectivity index (χ3v) is 4.79. The van der Waals surface area contributed by atoms with Crippen LogP contribution in [-0.2, 0) is 11.3 Å². The third-order valence-electron chi connectivity index (χ3n) is 4.79. The average Bonchev–Trinajstić information content (AvgIpc) is 3.33. The van der Waals surface area contributed by atoms with Crippen molar-refractivity contribution in [1.29, 1.82) is 0 Å². The first-order valence-electron chi connectivity index (χ1n) is 9.28. The lowest BCUT2D eigenvalue weighted by atomic mass is 9.89. The zero-order chi connectivity index (χ0) is 18.6. The second kappa shape index (κ2) is 7.69. The minimum atomic E-state index is -0.0964. The van der Waals surface area contributed by atoms with Gasteiger partial charge in [-0.1, -0.05) is 41.8 Å². The van der Waals surface area contributed by atoms with E-state index in [0.717, 1.165) is 35.6 Å². The number of carbonyl (C=O) groups is 1. The van der Waals surface area contributed by atoms with Gasteiger partial charge in [-0.15, -0.1) is 5.10 Å². The summed E-state index contributed by atoms with van der Waals surface area (Å²) in [5, 5.41) is 15.3. The molecule has 1 N–H and O–H groups in total. The molecule has 1 fully saturated rings. The Balaban J connectivity index is 1.42. The van der Waals surface area contributed by atoms with Crippen molar-refractivity contribution in [2.75, 3.05) is 5.32 Å². The molecule has 140 valence electrons. The topological polar surface area (TPSA) is 98.7 Å². The Hall–Kier alpha value is -3.03. The second-order valence-electron chi connectivity index (χ2n) is 6.94. The van der Waals surface area contributed by atoms with Gasteiger partial charge < -0.3 is 9.84 Å². The number of hydrogen-bond donors (Lipinski definition) is 1. The Morgan fingerprint density at radius 3 is 2.74 bits per heavy atom. The van der Waals surface area contributed by atoms with Crippen LogP contribution in [0.15, 0.2) is 35.0 Å². The van der Waals surface area contributed by atoms with E-state index in [-0.39, 0.29) is 5.91 Å². The van der Waals surface area contributed by atoms with Crippen LogP contribution in [0.4, 0.5) is 5.69 Å². The number of rotatable bonds is 5. The van der Waals surface area contributed by atoms with Gasteiger partial charge in [-0.25, -0.2) is 4.68 Å². The van der Waals surface area contributed by atoms with Gasteiger partial charge in [0.15, 0.2) is 5.82 Å². The summed E-state index contributed by atoms with van der Waals surface area (Å²) in [4.78, 5) is 15.6. The summed E-state index contributed by atoms with van der Waals surface area (Å²) < 4.78 is 7.09. The van der Waals surface area contributed by atoms with Crippen LogP contribution in [0.2, 0.25) is 0 Å². The average molecular weight is 366 g/mol.